The molecule has 0 aliphatic rings. The number of hydrogen-bond acceptors (Lipinski definition) is 5. The second-order valence-electron chi connectivity index (χ2n) is 2.01. The summed E-state index contributed by atoms with van der Waals surface area (Å²) in [6.45, 7) is 0.984. The van der Waals surface area contributed by atoms with Crippen LogP contribution in [0.3, 0.4) is 0 Å². The maximum Gasteiger partial charge on any atom is 1.00 e. The number of rotatable bonds is 2. The number of carbonyl (C=O) groups is 1. The van der Waals surface area contributed by atoms with Gasteiger partial charge in [0, 0.05) is 0 Å². The van der Waals surface area contributed by atoms with Crippen LogP contribution in [0.5, 0.6) is 0 Å². The summed E-state index contributed by atoms with van der Waals surface area (Å²) in [5, 5.41) is 22.2. The molecule has 0 radical (unpaired) electrons. The summed E-state index contributed by atoms with van der Waals surface area (Å²) in [6.07, 6.45) is 0. The summed E-state index contributed by atoms with van der Waals surface area (Å²) < 4.78 is 4.52. The number of aromatic nitrogens is 1. The molecule has 0 fully saturated rings. The number of carbonyl (C=O) groups excluding carboxylic acids is 1. The Hall–Kier alpha value is -0.360. The van der Waals surface area contributed by atoms with Crippen molar-refractivity contribution in [1.82, 2.24) is 5.16 Å². The Morgan fingerprint density at radius 1 is 1.75 bits per heavy atom. The molecule has 60 valence electrons. The molecule has 1 heterocycles. The summed E-state index contributed by atoms with van der Waals surface area (Å²) in [4.78, 5) is 10.3. The maximum atomic E-state index is 10.3. The molecule has 1 N–H and O–H groups in total. The fourth-order valence-corrected chi connectivity index (χ4v) is 0.788. The van der Waals surface area contributed by atoms with Gasteiger partial charge in [-0.3, -0.25) is 0 Å². The number of aliphatic hydroxyl groups is 1. The molecule has 0 amide bonds. The fourth-order valence-electron chi connectivity index (χ4n) is 0.788. The second kappa shape index (κ2) is 4.61. The van der Waals surface area contributed by atoms with Crippen LogP contribution < -0.4 is 34.7 Å². The van der Waals surface area contributed by atoms with Gasteiger partial charge in [-0.25, -0.2) is 0 Å². The molecule has 5 nitrogen and oxygen atoms in total. The van der Waals surface area contributed by atoms with E-state index >= 15 is 0 Å². The second-order valence-corrected chi connectivity index (χ2v) is 2.01. The molecule has 0 aromatic carbocycles. The third-order valence-corrected chi connectivity index (χ3v) is 1.29. The first-order valence-electron chi connectivity index (χ1n) is 2.94. The van der Waals surface area contributed by atoms with Crippen LogP contribution in [0.2, 0.25) is 0 Å². The standard InChI is InChI=1S/C6H7NO4.Na/c1-3-5(6(9)10)4(2-8)7-11-3;/h8H,2H2,1H3,(H,9,10);/q;+1/p-1. The first kappa shape index (κ1) is 11.6. The van der Waals surface area contributed by atoms with Crippen molar-refractivity contribution >= 4 is 5.97 Å². The van der Waals surface area contributed by atoms with Crippen LogP contribution in [0.25, 0.3) is 0 Å². The zero-order chi connectivity index (χ0) is 8.43. The van der Waals surface area contributed by atoms with Gasteiger partial charge in [0.05, 0.1) is 18.1 Å². The topological polar surface area (TPSA) is 86.4 Å². The molecular formula is C6H6NNaO4. The SMILES string of the molecule is Cc1onc(CO)c1C(=O)[O-].[Na+]. The Labute approximate surface area is 90.7 Å². The fraction of sp³-hybridized carbons (Fsp3) is 0.333. The predicted molar refractivity (Wildman–Crippen MR) is 31.5 cm³/mol. The van der Waals surface area contributed by atoms with E-state index in [1.54, 1.807) is 0 Å². The van der Waals surface area contributed by atoms with E-state index in [-0.39, 0.29) is 46.6 Å². The number of aromatic carboxylic acids is 1. The first-order valence-corrected chi connectivity index (χ1v) is 2.94. The summed E-state index contributed by atoms with van der Waals surface area (Å²) in [7, 11) is 0. The Kier molecular flexibility index (Phi) is 4.47. The van der Waals surface area contributed by atoms with E-state index < -0.39 is 12.6 Å². The third kappa shape index (κ3) is 2.07. The molecule has 0 aliphatic carbocycles. The van der Waals surface area contributed by atoms with Gasteiger partial charge in [0.15, 0.2) is 0 Å². The Morgan fingerprint density at radius 3 is 2.67 bits per heavy atom. The van der Waals surface area contributed by atoms with Crippen molar-refractivity contribution in [2.75, 3.05) is 0 Å². The Morgan fingerprint density at radius 2 is 2.33 bits per heavy atom. The zero-order valence-electron chi connectivity index (χ0n) is 6.83. The van der Waals surface area contributed by atoms with E-state index in [0.717, 1.165) is 0 Å². The molecule has 0 spiro atoms. The smallest absolute Gasteiger partial charge is 0.545 e. The molecule has 1 rings (SSSR count). The molecule has 1 aromatic rings. The zero-order valence-corrected chi connectivity index (χ0v) is 8.83. The maximum absolute atomic E-state index is 10.3. The quantitative estimate of drug-likeness (QED) is 0.465. The van der Waals surface area contributed by atoms with E-state index in [4.69, 9.17) is 5.11 Å². The van der Waals surface area contributed by atoms with Gasteiger partial charge in [-0.05, 0) is 6.92 Å². The monoisotopic (exact) mass is 179 g/mol. The predicted octanol–water partition coefficient (Wildman–Crippen LogP) is -4.16. The molecule has 0 bridgehead atoms. The van der Waals surface area contributed by atoms with Crippen LogP contribution in [0.4, 0.5) is 0 Å². The van der Waals surface area contributed by atoms with Gasteiger partial charge in [-0.2, -0.15) is 0 Å². The molecule has 0 aliphatic heterocycles. The Bertz CT molecular complexity index is 283. The number of carboxylic acids is 1. The molecule has 0 unspecified atom stereocenters. The van der Waals surface area contributed by atoms with Crippen molar-refractivity contribution in [3.8, 4) is 0 Å². The van der Waals surface area contributed by atoms with Gasteiger partial charge in [0.1, 0.15) is 11.5 Å². The van der Waals surface area contributed by atoms with E-state index in [0.29, 0.717) is 0 Å². The number of nitrogens with zero attached hydrogens (tertiary/aromatic N) is 1. The molecular weight excluding hydrogens is 173 g/mol. The van der Waals surface area contributed by atoms with Crippen molar-refractivity contribution in [2.24, 2.45) is 0 Å². The number of hydrogen-bond donors (Lipinski definition) is 1. The van der Waals surface area contributed by atoms with Gasteiger partial charge in [0.2, 0.25) is 0 Å². The van der Waals surface area contributed by atoms with Gasteiger partial charge in [-0.1, -0.05) is 5.16 Å². The van der Waals surface area contributed by atoms with Crippen LogP contribution >= 0.6 is 0 Å². The summed E-state index contributed by atoms with van der Waals surface area (Å²) >= 11 is 0. The van der Waals surface area contributed by atoms with Gasteiger partial charge < -0.3 is 19.5 Å². The van der Waals surface area contributed by atoms with E-state index in [1.807, 2.05) is 0 Å². The molecule has 1 aromatic heterocycles. The van der Waals surface area contributed by atoms with Crippen LogP contribution in [0.15, 0.2) is 4.52 Å². The molecule has 0 saturated carbocycles. The van der Waals surface area contributed by atoms with E-state index in [9.17, 15) is 9.90 Å². The van der Waals surface area contributed by atoms with Crippen LogP contribution in [0.1, 0.15) is 21.8 Å². The number of aliphatic hydroxyl groups excluding tert-OH is 1. The first-order chi connectivity index (χ1) is 5.16. The molecule has 6 heteroatoms. The summed E-state index contributed by atoms with van der Waals surface area (Å²) in [5.74, 6) is -1.23. The van der Waals surface area contributed by atoms with Crippen molar-refractivity contribution in [3.05, 3.63) is 17.0 Å². The summed E-state index contributed by atoms with van der Waals surface area (Å²) in [6, 6.07) is 0. The van der Waals surface area contributed by atoms with Crippen LogP contribution in [0, 0.1) is 6.92 Å². The minimum atomic E-state index is -1.38. The normalized spacial score (nSPS) is 9.17. The average Bonchev–Trinajstić information content (AvgIpc) is 2.30. The Balaban J connectivity index is 0.00000121. The van der Waals surface area contributed by atoms with Crippen molar-refractivity contribution in [2.45, 2.75) is 13.5 Å². The minimum Gasteiger partial charge on any atom is -0.545 e. The van der Waals surface area contributed by atoms with Gasteiger partial charge >= 0.3 is 29.6 Å². The molecule has 12 heavy (non-hydrogen) atoms. The number of carboxylic acid groups (broad SMARTS) is 1. The third-order valence-electron chi connectivity index (χ3n) is 1.29. The van der Waals surface area contributed by atoms with Crippen molar-refractivity contribution < 1.29 is 49.1 Å². The number of aryl methyl sites for hydroxylation is 1. The van der Waals surface area contributed by atoms with Gasteiger partial charge in [0.25, 0.3) is 0 Å². The van der Waals surface area contributed by atoms with Crippen molar-refractivity contribution in [1.29, 1.82) is 0 Å². The average molecular weight is 179 g/mol. The molecule has 0 atom stereocenters. The van der Waals surface area contributed by atoms with Crippen LogP contribution in [-0.4, -0.2) is 16.2 Å². The van der Waals surface area contributed by atoms with Crippen molar-refractivity contribution in [3.63, 3.8) is 0 Å². The largest absolute Gasteiger partial charge is 1.00 e. The van der Waals surface area contributed by atoms with Gasteiger partial charge in [-0.15, -0.1) is 0 Å². The van der Waals surface area contributed by atoms with E-state index in [1.165, 1.54) is 6.92 Å². The summed E-state index contributed by atoms with van der Waals surface area (Å²) in [5.41, 5.74) is -0.157. The van der Waals surface area contributed by atoms with E-state index in [2.05, 4.69) is 9.68 Å². The van der Waals surface area contributed by atoms with Crippen LogP contribution in [-0.2, 0) is 6.61 Å². The molecule has 0 saturated heterocycles. The minimum absolute atomic E-state index is 0.